The van der Waals surface area contributed by atoms with E-state index < -0.39 is 0 Å². The molecular weight excluding hydrogens is 490 g/mol. The first-order valence-corrected chi connectivity index (χ1v) is 13.8. The Morgan fingerprint density at radius 1 is 1.03 bits per heavy atom. The summed E-state index contributed by atoms with van der Waals surface area (Å²) in [6.07, 6.45) is 6.51. The van der Waals surface area contributed by atoms with Crippen LogP contribution in [-0.4, -0.2) is 83.7 Å². The molecule has 0 bridgehead atoms. The van der Waals surface area contributed by atoms with E-state index in [-0.39, 0.29) is 6.03 Å². The van der Waals surface area contributed by atoms with Gasteiger partial charge in [0.05, 0.1) is 30.2 Å². The molecule has 200 valence electrons. The summed E-state index contributed by atoms with van der Waals surface area (Å²) in [4.78, 5) is 36.8. The Morgan fingerprint density at radius 2 is 1.87 bits per heavy atom. The maximum Gasteiger partial charge on any atom is 0.320 e. The lowest BCUT2D eigenvalue weighted by atomic mass is 10.0. The quantitative estimate of drug-likeness (QED) is 0.427. The molecule has 4 aromatic heterocycles. The van der Waals surface area contributed by atoms with Crippen LogP contribution in [0.15, 0.2) is 42.7 Å². The zero-order chi connectivity index (χ0) is 26.5. The molecule has 1 saturated carbocycles. The number of nitrogens with one attached hydrogen (secondary N) is 1. The van der Waals surface area contributed by atoms with Crippen LogP contribution in [0.5, 0.6) is 0 Å². The van der Waals surface area contributed by atoms with Gasteiger partial charge in [-0.3, -0.25) is 14.6 Å². The average Bonchev–Trinajstić information content (AvgIpc) is 3.32. The Balaban J connectivity index is 1.14. The van der Waals surface area contributed by atoms with Gasteiger partial charge in [-0.1, -0.05) is 6.07 Å². The number of urea groups is 1. The first-order chi connectivity index (χ1) is 19.0. The minimum Gasteiger partial charge on any atom is -0.339 e. The summed E-state index contributed by atoms with van der Waals surface area (Å²) in [6, 6.07) is 10.2. The predicted octanol–water partition coefficient (Wildman–Crippen LogP) is 3.80. The van der Waals surface area contributed by atoms with Crippen molar-refractivity contribution in [1.29, 1.82) is 0 Å². The van der Waals surface area contributed by atoms with Crippen LogP contribution in [-0.2, 0) is 19.6 Å². The van der Waals surface area contributed by atoms with Crippen molar-refractivity contribution in [3.8, 4) is 34.0 Å². The van der Waals surface area contributed by atoms with Crippen molar-refractivity contribution < 1.29 is 4.79 Å². The maximum atomic E-state index is 13.0. The molecule has 0 unspecified atom stereocenters. The highest BCUT2D eigenvalue weighted by Crippen LogP contribution is 2.35. The number of fused-ring (bicyclic) bond motifs is 1. The first-order valence-electron chi connectivity index (χ1n) is 13.8. The molecule has 2 aliphatic heterocycles. The van der Waals surface area contributed by atoms with Crippen molar-refractivity contribution in [3.63, 3.8) is 0 Å². The van der Waals surface area contributed by atoms with Gasteiger partial charge in [-0.25, -0.2) is 9.78 Å². The molecular formula is C29H33N9O. The predicted molar refractivity (Wildman–Crippen MR) is 147 cm³/mol. The molecule has 7 rings (SSSR count). The molecule has 6 heterocycles. The second-order valence-electron chi connectivity index (χ2n) is 11.1. The monoisotopic (exact) mass is 523 g/mol. The van der Waals surface area contributed by atoms with Crippen LogP contribution < -0.4 is 0 Å². The third kappa shape index (κ3) is 4.80. The number of carbonyl (C=O) groups excluding carboxylic acids is 1. The van der Waals surface area contributed by atoms with Crippen LogP contribution in [0.2, 0.25) is 0 Å². The fourth-order valence-corrected chi connectivity index (χ4v) is 5.47. The summed E-state index contributed by atoms with van der Waals surface area (Å²) < 4.78 is 2.07. The van der Waals surface area contributed by atoms with Crippen molar-refractivity contribution in [2.24, 2.45) is 5.92 Å². The topological polar surface area (TPSA) is 99.1 Å². The number of rotatable bonds is 5. The van der Waals surface area contributed by atoms with Crippen molar-refractivity contribution in [3.05, 3.63) is 59.8 Å². The molecule has 0 aromatic carbocycles. The minimum absolute atomic E-state index is 0.0941. The molecule has 2 amide bonds. The van der Waals surface area contributed by atoms with Gasteiger partial charge < -0.3 is 19.7 Å². The van der Waals surface area contributed by atoms with Gasteiger partial charge in [0.2, 0.25) is 0 Å². The summed E-state index contributed by atoms with van der Waals surface area (Å²) in [5, 5.41) is 4.95. The minimum atomic E-state index is 0.0941. The summed E-state index contributed by atoms with van der Waals surface area (Å²) in [7, 11) is 2.09. The number of amides is 2. The number of hydrogen-bond donors (Lipinski definition) is 1. The van der Waals surface area contributed by atoms with E-state index in [1.54, 1.807) is 0 Å². The molecule has 1 saturated heterocycles. The van der Waals surface area contributed by atoms with Crippen LogP contribution in [0.25, 0.3) is 34.0 Å². The Labute approximate surface area is 227 Å². The van der Waals surface area contributed by atoms with Crippen LogP contribution in [0.1, 0.15) is 29.9 Å². The Kier molecular flexibility index (Phi) is 5.92. The van der Waals surface area contributed by atoms with Crippen molar-refractivity contribution in [2.75, 3.05) is 33.2 Å². The van der Waals surface area contributed by atoms with E-state index in [0.717, 1.165) is 89.8 Å². The van der Waals surface area contributed by atoms with Gasteiger partial charge in [0.1, 0.15) is 11.4 Å². The molecule has 1 N–H and O–H groups in total. The molecule has 4 aromatic rings. The number of aryl methyl sites for hydroxylation is 1. The van der Waals surface area contributed by atoms with Crippen molar-refractivity contribution in [2.45, 2.75) is 39.4 Å². The number of aromatic nitrogens is 6. The highest BCUT2D eigenvalue weighted by atomic mass is 16.2. The van der Waals surface area contributed by atoms with E-state index in [9.17, 15) is 4.79 Å². The van der Waals surface area contributed by atoms with Crippen molar-refractivity contribution in [1.82, 2.24) is 44.4 Å². The van der Waals surface area contributed by atoms with Crippen LogP contribution in [0.3, 0.4) is 0 Å². The maximum absolute atomic E-state index is 13.0. The van der Waals surface area contributed by atoms with Gasteiger partial charge >= 0.3 is 6.03 Å². The van der Waals surface area contributed by atoms with Crippen molar-refractivity contribution >= 4 is 6.03 Å². The summed E-state index contributed by atoms with van der Waals surface area (Å²) in [5.41, 5.74) is 7.48. The number of likely N-dealkylation sites (N-methyl/N-ethyl adjacent to an activating group) is 1. The SMILES string of the molecule is Cc1cccc(-c2nn(CC3CC3)cc2-c2ccnc(-c3nc4c([nH]3)CN(C(=O)N3CCN(C)CC3)C4)c2)n1. The molecule has 0 atom stereocenters. The zero-order valence-electron chi connectivity index (χ0n) is 22.5. The second kappa shape index (κ2) is 9.60. The Bertz CT molecular complexity index is 1500. The van der Waals surface area contributed by atoms with E-state index in [0.29, 0.717) is 13.1 Å². The summed E-state index contributed by atoms with van der Waals surface area (Å²) in [6.45, 7) is 7.37. The number of hydrogen-bond acceptors (Lipinski definition) is 6. The number of H-pyrrole nitrogens is 1. The summed E-state index contributed by atoms with van der Waals surface area (Å²) in [5.74, 6) is 1.45. The van der Waals surface area contributed by atoms with Gasteiger partial charge in [-0.2, -0.15) is 5.10 Å². The molecule has 39 heavy (non-hydrogen) atoms. The number of aromatic amines is 1. The van der Waals surface area contributed by atoms with E-state index >= 15 is 0 Å². The second-order valence-corrected chi connectivity index (χ2v) is 11.1. The Morgan fingerprint density at radius 3 is 2.64 bits per heavy atom. The fourth-order valence-electron chi connectivity index (χ4n) is 5.47. The number of carbonyl (C=O) groups is 1. The van der Waals surface area contributed by atoms with Crippen LogP contribution >= 0.6 is 0 Å². The number of nitrogens with zero attached hydrogens (tertiary/aromatic N) is 8. The van der Waals surface area contributed by atoms with Gasteiger partial charge in [0, 0.05) is 56.4 Å². The van der Waals surface area contributed by atoms with Crippen LogP contribution in [0.4, 0.5) is 4.79 Å². The normalized spacial score (nSPS) is 17.6. The van der Waals surface area contributed by atoms with Gasteiger partial charge in [0.25, 0.3) is 0 Å². The van der Waals surface area contributed by atoms with Gasteiger partial charge in [-0.15, -0.1) is 0 Å². The molecule has 2 fully saturated rings. The van der Waals surface area contributed by atoms with E-state index in [4.69, 9.17) is 15.1 Å². The van der Waals surface area contributed by atoms with E-state index in [1.165, 1.54) is 12.8 Å². The molecule has 10 nitrogen and oxygen atoms in total. The average molecular weight is 524 g/mol. The van der Waals surface area contributed by atoms with Gasteiger partial charge in [0.15, 0.2) is 5.82 Å². The standard InChI is InChI=1S/C29H33N9O/c1-19-4-3-5-23(31-19)27-22(16-38(34-27)15-20-6-7-20)21-8-9-30-24(14-21)28-32-25-17-37(18-26(25)33-28)29(39)36-12-10-35(2)11-13-36/h3-5,8-9,14,16,20H,6-7,10-13,15,17-18H2,1-2H3,(H,32,33). The lowest BCUT2D eigenvalue weighted by Crippen LogP contribution is -2.50. The molecule has 0 spiro atoms. The van der Waals surface area contributed by atoms with E-state index in [2.05, 4.69) is 38.9 Å². The van der Waals surface area contributed by atoms with Crippen LogP contribution in [0, 0.1) is 12.8 Å². The molecule has 1 aliphatic carbocycles. The highest BCUT2D eigenvalue weighted by molar-refractivity contribution is 5.80. The zero-order valence-corrected chi connectivity index (χ0v) is 22.5. The smallest absolute Gasteiger partial charge is 0.320 e. The highest BCUT2D eigenvalue weighted by Gasteiger charge is 2.31. The van der Waals surface area contributed by atoms with E-state index in [1.807, 2.05) is 47.2 Å². The third-order valence-electron chi connectivity index (χ3n) is 7.95. The first kappa shape index (κ1) is 24.0. The lowest BCUT2D eigenvalue weighted by Gasteiger charge is -2.34. The fraction of sp³-hybridized carbons (Fsp3) is 0.414. The molecule has 10 heteroatoms. The number of piperazine rings is 1. The molecule has 0 radical (unpaired) electrons. The number of imidazole rings is 1. The molecule has 3 aliphatic rings. The van der Waals surface area contributed by atoms with Gasteiger partial charge in [-0.05, 0) is 62.6 Å². The largest absolute Gasteiger partial charge is 0.339 e. The summed E-state index contributed by atoms with van der Waals surface area (Å²) >= 11 is 0. The number of pyridine rings is 2. The lowest BCUT2D eigenvalue weighted by molar-refractivity contribution is 0.121. The Hall–Kier alpha value is -4.05. The third-order valence-corrected chi connectivity index (χ3v) is 7.95.